The van der Waals surface area contributed by atoms with Crippen LogP contribution >= 0.6 is 0 Å². The second-order valence-electron chi connectivity index (χ2n) is 5.99. The molecule has 3 heteroatoms. The topological polar surface area (TPSA) is 38.3 Å². The summed E-state index contributed by atoms with van der Waals surface area (Å²) in [6.45, 7) is 6.41. The molecule has 110 valence electrons. The zero-order valence-electron chi connectivity index (χ0n) is 12.9. The average Bonchev–Trinajstić information content (AvgIpc) is 2.47. The van der Waals surface area contributed by atoms with Crippen molar-refractivity contribution in [2.75, 3.05) is 12.4 Å². The van der Waals surface area contributed by atoms with E-state index in [1.807, 2.05) is 36.4 Å². The van der Waals surface area contributed by atoms with Gasteiger partial charge in [-0.25, -0.2) is 0 Å². The maximum absolute atomic E-state index is 12.3. The fraction of sp³-hybridized carbons (Fsp3) is 0.278. The lowest BCUT2D eigenvalue weighted by molar-refractivity contribution is 0.102. The van der Waals surface area contributed by atoms with E-state index in [2.05, 4.69) is 26.1 Å². The molecule has 0 saturated heterocycles. The van der Waals surface area contributed by atoms with Gasteiger partial charge in [0.1, 0.15) is 5.75 Å². The summed E-state index contributed by atoms with van der Waals surface area (Å²) in [5, 5.41) is 2.93. The lowest BCUT2D eigenvalue weighted by Crippen LogP contribution is -2.15. The number of methoxy groups -OCH3 is 1. The standard InChI is InChI=1S/C18H21NO2/c1-18(2,3)14-10-11-16(21-4)15(12-14)19-17(20)13-8-6-5-7-9-13/h5-12H,1-4H3,(H,19,20). The molecule has 2 rings (SSSR count). The summed E-state index contributed by atoms with van der Waals surface area (Å²) >= 11 is 0. The van der Waals surface area contributed by atoms with Crippen LogP contribution in [0.25, 0.3) is 0 Å². The van der Waals surface area contributed by atoms with Gasteiger partial charge < -0.3 is 10.1 Å². The molecule has 0 aliphatic heterocycles. The van der Waals surface area contributed by atoms with E-state index in [1.54, 1.807) is 19.2 Å². The highest BCUT2D eigenvalue weighted by atomic mass is 16.5. The van der Waals surface area contributed by atoms with Crippen LogP contribution in [0.5, 0.6) is 5.75 Å². The largest absolute Gasteiger partial charge is 0.495 e. The highest BCUT2D eigenvalue weighted by Gasteiger charge is 2.17. The normalized spacial score (nSPS) is 11.0. The number of hydrogen-bond acceptors (Lipinski definition) is 2. The number of carbonyl (C=O) groups is 1. The molecule has 1 amide bonds. The molecule has 3 nitrogen and oxygen atoms in total. The summed E-state index contributed by atoms with van der Waals surface area (Å²) in [6.07, 6.45) is 0. The van der Waals surface area contributed by atoms with Gasteiger partial charge in [-0.15, -0.1) is 0 Å². The molecule has 0 aliphatic carbocycles. The van der Waals surface area contributed by atoms with Gasteiger partial charge in [0.2, 0.25) is 0 Å². The monoisotopic (exact) mass is 283 g/mol. The molecule has 2 aromatic rings. The van der Waals surface area contributed by atoms with Gasteiger partial charge >= 0.3 is 0 Å². The van der Waals surface area contributed by atoms with Gasteiger partial charge in [-0.1, -0.05) is 45.0 Å². The van der Waals surface area contributed by atoms with Gasteiger partial charge in [0.15, 0.2) is 0 Å². The molecule has 0 spiro atoms. The van der Waals surface area contributed by atoms with Crippen molar-refractivity contribution in [1.82, 2.24) is 0 Å². The molecule has 0 bridgehead atoms. The minimum absolute atomic E-state index is 0.0124. The Morgan fingerprint density at radius 1 is 1.05 bits per heavy atom. The van der Waals surface area contributed by atoms with Crippen LogP contribution in [0.2, 0.25) is 0 Å². The Labute approximate surface area is 126 Å². The number of carbonyl (C=O) groups excluding carboxylic acids is 1. The molecular formula is C18H21NO2. The third-order valence-electron chi connectivity index (χ3n) is 3.35. The zero-order chi connectivity index (χ0) is 15.5. The molecule has 0 heterocycles. The predicted octanol–water partition coefficient (Wildman–Crippen LogP) is 4.25. The molecule has 21 heavy (non-hydrogen) atoms. The van der Waals surface area contributed by atoms with Gasteiger partial charge in [-0.2, -0.15) is 0 Å². The number of rotatable bonds is 3. The van der Waals surface area contributed by atoms with Gasteiger partial charge in [-0.3, -0.25) is 4.79 Å². The first-order chi connectivity index (χ1) is 9.91. The molecule has 1 N–H and O–H groups in total. The minimum Gasteiger partial charge on any atom is -0.495 e. The molecule has 0 radical (unpaired) electrons. The van der Waals surface area contributed by atoms with Crippen molar-refractivity contribution in [3.05, 3.63) is 59.7 Å². The molecule has 0 aliphatic rings. The summed E-state index contributed by atoms with van der Waals surface area (Å²) < 4.78 is 5.34. The van der Waals surface area contributed by atoms with Crippen molar-refractivity contribution in [3.8, 4) is 5.75 Å². The Hall–Kier alpha value is -2.29. The van der Waals surface area contributed by atoms with E-state index in [0.29, 0.717) is 17.0 Å². The number of nitrogens with one attached hydrogen (secondary N) is 1. The molecule has 0 saturated carbocycles. The van der Waals surface area contributed by atoms with Crippen molar-refractivity contribution in [2.24, 2.45) is 0 Å². The summed E-state index contributed by atoms with van der Waals surface area (Å²) in [4.78, 5) is 12.3. The summed E-state index contributed by atoms with van der Waals surface area (Å²) in [5.41, 5.74) is 2.48. The third-order valence-corrected chi connectivity index (χ3v) is 3.35. The third kappa shape index (κ3) is 3.63. The highest BCUT2D eigenvalue weighted by molar-refractivity contribution is 6.05. The van der Waals surface area contributed by atoms with Crippen molar-refractivity contribution < 1.29 is 9.53 Å². The van der Waals surface area contributed by atoms with E-state index in [-0.39, 0.29) is 11.3 Å². The van der Waals surface area contributed by atoms with E-state index >= 15 is 0 Å². The predicted molar refractivity (Wildman–Crippen MR) is 86.1 cm³/mol. The SMILES string of the molecule is COc1ccc(C(C)(C)C)cc1NC(=O)c1ccccc1. The summed E-state index contributed by atoms with van der Waals surface area (Å²) in [7, 11) is 1.60. The van der Waals surface area contributed by atoms with Crippen LogP contribution in [-0.2, 0) is 5.41 Å². The average molecular weight is 283 g/mol. The van der Waals surface area contributed by atoms with E-state index in [4.69, 9.17) is 4.74 Å². The fourth-order valence-electron chi connectivity index (χ4n) is 2.06. The van der Waals surface area contributed by atoms with Crippen LogP contribution in [0.15, 0.2) is 48.5 Å². The summed E-state index contributed by atoms with van der Waals surface area (Å²) in [5.74, 6) is 0.521. The lowest BCUT2D eigenvalue weighted by atomic mass is 9.87. The van der Waals surface area contributed by atoms with E-state index < -0.39 is 0 Å². The van der Waals surface area contributed by atoms with Crippen LogP contribution in [0.4, 0.5) is 5.69 Å². The van der Waals surface area contributed by atoms with Crippen molar-refractivity contribution in [1.29, 1.82) is 0 Å². The van der Waals surface area contributed by atoms with Gasteiger partial charge in [-0.05, 0) is 35.2 Å². The van der Waals surface area contributed by atoms with Gasteiger partial charge in [0.25, 0.3) is 5.91 Å². The highest BCUT2D eigenvalue weighted by Crippen LogP contribution is 2.31. The van der Waals surface area contributed by atoms with Crippen LogP contribution in [-0.4, -0.2) is 13.0 Å². The first-order valence-corrected chi connectivity index (χ1v) is 6.97. The zero-order valence-corrected chi connectivity index (χ0v) is 12.9. The van der Waals surface area contributed by atoms with Crippen molar-refractivity contribution in [2.45, 2.75) is 26.2 Å². The molecule has 0 atom stereocenters. The van der Waals surface area contributed by atoms with Gasteiger partial charge in [0.05, 0.1) is 12.8 Å². The van der Waals surface area contributed by atoms with E-state index in [0.717, 1.165) is 5.56 Å². The number of hydrogen-bond donors (Lipinski definition) is 1. The molecule has 0 unspecified atom stereocenters. The maximum Gasteiger partial charge on any atom is 0.255 e. The van der Waals surface area contributed by atoms with Crippen molar-refractivity contribution in [3.63, 3.8) is 0 Å². The Bertz CT molecular complexity index is 627. The number of amides is 1. The number of benzene rings is 2. The molecule has 2 aromatic carbocycles. The Morgan fingerprint density at radius 3 is 2.29 bits per heavy atom. The van der Waals surface area contributed by atoms with Crippen LogP contribution in [0.1, 0.15) is 36.7 Å². The smallest absolute Gasteiger partial charge is 0.255 e. The van der Waals surface area contributed by atoms with Crippen molar-refractivity contribution >= 4 is 11.6 Å². The minimum atomic E-state index is -0.139. The lowest BCUT2D eigenvalue weighted by Gasteiger charge is -2.21. The Kier molecular flexibility index (Phi) is 4.32. The Morgan fingerprint density at radius 2 is 1.71 bits per heavy atom. The Balaban J connectivity index is 2.32. The summed E-state index contributed by atoms with van der Waals surface area (Å²) in [6, 6.07) is 15.0. The van der Waals surface area contributed by atoms with E-state index in [1.165, 1.54) is 0 Å². The fourth-order valence-corrected chi connectivity index (χ4v) is 2.06. The van der Waals surface area contributed by atoms with E-state index in [9.17, 15) is 4.79 Å². The second-order valence-corrected chi connectivity index (χ2v) is 5.99. The number of anilines is 1. The molecular weight excluding hydrogens is 262 g/mol. The van der Waals surface area contributed by atoms with Crippen LogP contribution in [0, 0.1) is 0 Å². The maximum atomic E-state index is 12.3. The van der Waals surface area contributed by atoms with Gasteiger partial charge in [0, 0.05) is 5.56 Å². The first kappa shape index (κ1) is 15.1. The van der Waals surface area contributed by atoms with Crippen LogP contribution in [0.3, 0.4) is 0 Å². The first-order valence-electron chi connectivity index (χ1n) is 6.97. The van der Waals surface area contributed by atoms with Crippen LogP contribution < -0.4 is 10.1 Å². The number of ether oxygens (including phenoxy) is 1. The quantitative estimate of drug-likeness (QED) is 0.914. The molecule has 0 fully saturated rings. The second kappa shape index (κ2) is 6.00. The molecule has 0 aromatic heterocycles.